The second-order valence-electron chi connectivity index (χ2n) is 5.60. The number of nitrogens with zero attached hydrogens (tertiary/aromatic N) is 2. The molecule has 0 spiro atoms. The Balaban J connectivity index is 0.00000176. The van der Waals surface area contributed by atoms with E-state index in [2.05, 4.69) is 22.5 Å². The first-order chi connectivity index (χ1) is 10.2. The number of nitrogens with two attached hydrogens (primary N) is 1. The van der Waals surface area contributed by atoms with Crippen molar-refractivity contribution in [3.63, 3.8) is 0 Å². The van der Waals surface area contributed by atoms with Crippen LogP contribution in [-0.2, 0) is 11.3 Å². The summed E-state index contributed by atoms with van der Waals surface area (Å²) in [6.45, 7) is 0.694. The van der Waals surface area contributed by atoms with Crippen LogP contribution in [0, 0.1) is 5.92 Å². The topological polar surface area (TPSA) is 72.9 Å². The van der Waals surface area contributed by atoms with Gasteiger partial charge in [0.2, 0.25) is 5.91 Å². The molecular formula is C16H21ClN4O. The molecule has 0 bridgehead atoms. The number of rotatable bonds is 4. The van der Waals surface area contributed by atoms with Gasteiger partial charge in [-0.05, 0) is 18.4 Å². The fourth-order valence-electron chi connectivity index (χ4n) is 2.83. The van der Waals surface area contributed by atoms with Crippen molar-refractivity contribution in [1.29, 1.82) is 0 Å². The molecule has 0 aliphatic heterocycles. The largest absolute Gasteiger partial charge is 0.327 e. The Labute approximate surface area is 136 Å². The van der Waals surface area contributed by atoms with E-state index in [4.69, 9.17) is 5.73 Å². The van der Waals surface area contributed by atoms with Gasteiger partial charge in [0.15, 0.2) is 0 Å². The molecule has 118 valence electrons. The van der Waals surface area contributed by atoms with E-state index in [1.165, 1.54) is 5.56 Å². The molecule has 2 aromatic rings. The summed E-state index contributed by atoms with van der Waals surface area (Å²) >= 11 is 0. The lowest BCUT2D eigenvalue weighted by Gasteiger charge is -2.13. The number of carbonyl (C=O) groups is 1. The molecule has 1 saturated carbocycles. The molecule has 6 heteroatoms. The molecule has 1 amide bonds. The van der Waals surface area contributed by atoms with Crippen LogP contribution in [-0.4, -0.2) is 21.7 Å². The van der Waals surface area contributed by atoms with Gasteiger partial charge in [0.05, 0.1) is 24.3 Å². The molecule has 1 heterocycles. The van der Waals surface area contributed by atoms with E-state index in [9.17, 15) is 4.79 Å². The van der Waals surface area contributed by atoms with Gasteiger partial charge in [-0.25, -0.2) is 0 Å². The lowest BCUT2D eigenvalue weighted by atomic mass is 10.0. The molecular weight excluding hydrogens is 300 g/mol. The summed E-state index contributed by atoms with van der Waals surface area (Å²) in [5.41, 5.74) is 7.87. The van der Waals surface area contributed by atoms with Crippen LogP contribution in [0.1, 0.15) is 24.8 Å². The number of carbonyl (C=O) groups excluding carboxylic acids is 1. The quantitative estimate of drug-likeness (QED) is 0.908. The molecule has 1 aromatic carbocycles. The van der Waals surface area contributed by atoms with Gasteiger partial charge in [-0.15, -0.1) is 12.4 Å². The van der Waals surface area contributed by atoms with Crippen LogP contribution in [0.15, 0.2) is 42.7 Å². The van der Waals surface area contributed by atoms with Crippen LogP contribution in [0.4, 0.5) is 5.69 Å². The van der Waals surface area contributed by atoms with Crippen molar-refractivity contribution in [3.8, 4) is 0 Å². The lowest BCUT2D eigenvalue weighted by molar-refractivity contribution is -0.120. The smallest absolute Gasteiger partial charge is 0.229 e. The molecule has 2 atom stereocenters. The monoisotopic (exact) mass is 320 g/mol. The summed E-state index contributed by atoms with van der Waals surface area (Å²) in [4.78, 5) is 12.2. The van der Waals surface area contributed by atoms with Gasteiger partial charge >= 0.3 is 0 Å². The van der Waals surface area contributed by atoms with Crippen molar-refractivity contribution >= 4 is 24.0 Å². The number of hydrogen-bond donors (Lipinski definition) is 2. The zero-order valence-corrected chi connectivity index (χ0v) is 13.1. The van der Waals surface area contributed by atoms with E-state index in [1.807, 2.05) is 29.1 Å². The molecule has 3 rings (SSSR count). The molecule has 1 aliphatic carbocycles. The summed E-state index contributed by atoms with van der Waals surface area (Å²) < 4.78 is 1.82. The predicted octanol–water partition coefficient (Wildman–Crippen LogP) is 2.42. The van der Waals surface area contributed by atoms with Crippen molar-refractivity contribution < 1.29 is 4.79 Å². The fourth-order valence-corrected chi connectivity index (χ4v) is 2.83. The van der Waals surface area contributed by atoms with Gasteiger partial charge in [0.1, 0.15) is 0 Å². The number of anilines is 1. The highest BCUT2D eigenvalue weighted by molar-refractivity contribution is 5.92. The third-order valence-corrected chi connectivity index (χ3v) is 3.99. The van der Waals surface area contributed by atoms with E-state index >= 15 is 0 Å². The third-order valence-electron chi connectivity index (χ3n) is 3.99. The molecule has 1 fully saturated rings. The third kappa shape index (κ3) is 3.87. The number of nitrogens with one attached hydrogen (secondary N) is 1. The second-order valence-corrected chi connectivity index (χ2v) is 5.60. The molecule has 22 heavy (non-hydrogen) atoms. The maximum atomic E-state index is 12.2. The Hall–Kier alpha value is -1.85. The summed E-state index contributed by atoms with van der Waals surface area (Å²) in [5, 5.41) is 7.20. The molecule has 5 nitrogen and oxygen atoms in total. The normalized spacial score (nSPS) is 20.4. The highest BCUT2D eigenvalue weighted by atomic mass is 35.5. The lowest BCUT2D eigenvalue weighted by Crippen LogP contribution is -2.34. The average Bonchev–Trinajstić information content (AvgIpc) is 3.09. The van der Waals surface area contributed by atoms with Crippen LogP contribution < -0.4 is 11.1 Å². The van der Waals surface area contributed by atoms with E-state index in [0.29, 0.717) is 6.54 Å². The maximum Gasteiger partial charge on any atom is 0.229 e. The number of benzene rings is 1. The van der Waals surface area contributed by atoms with Gasteiger partial charge in [-0.1, -0.05) is 36.8 Å². The van der Waals surface area contributed by atoms with Gasteiger partial charge in [-0.3, -0.25) is 9.48 Å². The van der Waals surface area contributed by atoms with Crippen molar-refractivity contribution in [1.82, 2.24) is 9.78 Å². The van der Waals surface area contributed by atoms with Gasteiger partial charge < -0.3 is 11.1 Å². The number of aromatic nitrogens is 2. The van der Waals surface area contributed by atoms with Crippen molar-refractivity contribution in [3.05, 3.63) is 48.3 Å². The zero-order chi connectivity index (χ0) is 14.7. The minimum atomic E-state index is -0.0672. The molecule has 0 saturated heterocycles. The summed E-state index contributed by atoms with van der Waals surface area (Å²) in [5.74, 6) is -0.0539. The molecule has 3 N–H and O–H groups in total. The first kappa shape index (κ1) is 16.5. The Morgan fingerprint density at radius 3 is 2.77 bits per heavy atom. The highest BCUT2D eigenvalue weighted by Gasteiger charge is 2.30. The standard InChI is InChI=1S/C16H20N4O.ClH/c17-15-8-4-7-14(15)16(21)19-13-9-18-20(11-13)10-12-5-2-1-3-6-12;/h1-3,5-6,9,11,14-15H,4,7-8,10,17H2,(H,19,21);1H. The van der Waals surface area contributed by atoms with Crippen LogP contribution in [0.25, 0.3) is 0 Å². The van der Waals surface area contributed by atoms with Crippen LogP contribution in [0.5, 0.6) is 0 Å². The van der Waals surface area contributed by atoms with E-state index in [-0.39, 0.29) is 30.3 Å². The second kappa shape index (κ2) is 7.42. The Morgan fingerprint density at radius 2 is 2.09 bits per heavy atom. The summed E-state index contributed by atoms with van der Waals surface area (Å²) in [6, 6.07) is 10.1. The zero-order valence-electron chi connectivity index (χ0n) is 12.3. The predicted molar refractivity (Wildman–Crippen MR) is 89.0 cm³/mol. The average molecular weight is 321 g/mol. The van der Waals surface area contributed by atoms with E-state index < -0.39 is 0 Å². The first-order valence-corrected chi connectivity index (χ1v) is 7.35. The van der Waals surface area contributed by atoms with Crippen LogP contribution >= 0.6 is 12.4 Å². The van der Waals surface area contributed by atoms with Gasteiger partial charge in [0.25, 0.3) is 0 Å². The maximum absolute atomic E-state index is 12.2. The molecule has 0 radical (unpaired) electrons. The molecule has 2 unspecified atom stereocenters. The minimum absolute atomic E-state index is 0. The first-order valence-electron chi connectivity index (χ1n) is 7.35. The molecule has 1 aromatic heterocycles. The van der Waals surface area contributed by atoms with Crippen LogP contribution in [0.2, 0.25) is 0 Å². The van der Waals surface area contributed by atoms with Crippen molar-refractivity contribution in [2.24, 2.45) is 11.7 Å². The SMILES string of the molecule is Cl.NC1CCCC1C(=O)Nc1cnn(Cc2ccccc2)c1. The number of halogens is 1. The molecule has 1 aliphatic rings. The van der Waals surface area contributed by atoms with E-state index in [0.717, 1.165) is 24.9 Å². The number of amides is 1. The minimum Gasteiger partial charge on any atom is -0.327 e. The number of hydrogen-bond acceptors (Lipinski definition) is 3. The van der Waals surface area contributed by atoms with Gasteiger partial charge in [-0.2, -0.15) is 5.10 Å². The van der Waals surface area contributed by atoms with Crippen molar-refractivity contribution in [2.75, 3.05) is 5.32 Å². The Bertz CT molecular complexity index is 614. The highest BCUT2D eigenvalue weighted by Crippen LogP contribution is 2.25. The van der Waals surface area contributed by atoms with Crippen molar-refractivity contribution in [2.45, 2.75) is 31.8 Å². The fraction of sp³-hybridized carbons (Fsp3) is 0.375. The van der Waals surface area contributed by atoms with E-state index in [1.54, 1.807) is 6.20 Å². The van der Waals surface area contributed by atoms with Crippen LogP contribution in [0.3, 0.4) is 0 Å². The summed E-state index contributed by atoms with van der Waals surface area (Å²) in [7, 11) is 0. The Morgan fingerprint density at radius 1 is 1.32 bits per heavy atom. The summed E-state index contributed by atoms with van der Waals surface area (Å²) in [6.07, 6.45) is 6.38. The Kier molecular flexibility index (Phi) is 5.57. The van der Waals surface area contributed by atoms with Gasteiger partial charge in [0, 0.05) is 12.2 Å².